The third kappa shape index (κ3) is 5.01. The van der Waals surface area contributed by atoms with Crippen LogP contribution >= 0.6 is 11.6 Å². The molecule has 0 aromatic heterocycles. The van der Waals surface area contributed by atoms with Gasteiger partial charge in [-0.3, -0.25) is 14.9 Å². The second-order valence-corrected chi connectivity index (χ2v) is 6.79. The van der Waals surface area contributed by atoms with Crippen LogP contribution in [0.4, 0.5) is 11.4 Å². The second-order valence-electron chi connectivity index (χ2n) is 6.36. The van der Waals surface area contributed by atoms with Gasteiger partial charge in [0.25, 0.3) is 5.91 Å². The summed E-state index contributed by atoms with van der Waals surface area (Å²) in [7, 11) is 4.40. The highest BCUT2D eigenvalue weighted by molar-refractivity contribution is 6.30. The van der Waals surface area contributed by atoms with Gasteiger partial charge in [-0.15, -0.1) is 0 Å². The Morgan fingerprint density at radius 2 is 1.56 bits per heavy atom. The first kappa shape index (κ1) is 22.7. The van der Waals surface area contributed by atoms with Crippen molar-refractivity contribution in [3.63, 3.8) is 0 Å². The molecule has 3 rings (SSSR count). The number of nitrogens with one attached hydrogen (secondary N) is 1. The molecule has 9 nitrogen and oxygen atoms in total. The molecular weight excluding hydrogens is 440 g/mol. The molecule has 0 bridgehead atoms. The molecule has 0 fully saturated rings. The Labute approximate surface area is 188 Å². The molecule has 0 unspecified atom stereocenters. The molecule has 3 aromatic carbocycles. The maximum absolute atomic E-state index is 12.8. The molecule has 0 aliphatic carbocycles. The fourth-order valence-electron chi connectivity index (χ4n) is 2.84. The number of benzene rings is 3. The summed E-state index contributed by atoms with van der Waals surface area (Å²) in [6, 6.07) is 13.5. The lowest BCUT2D eigenvalue weighted by Gasteiger charge is -2.14. The summed E-state index contributed by atoms with van der Waals surface area (Å²) in [6.45, 7) is 0. The van der Waals surface area contributed by atoms with Crippen LogP contribution in [-0.4, -0.2) is 32.2 Å². The van der Waals surface area contributed by atoms with Crippen molar-refractivity contribution >= 4 is 28.9 Å². The van der Waals surface area contributed by atoms with Gasteiger partial charge in [0, 0.05) is 22.7 Å². The normalized spacial score (nSPS) is 10.2. The molecular formula is C22H19ClN2O7. The van der Waals surface area contributed by atoms with Gasteiger partial charge in [0.1, 0.15) is 11.5 Å². The van der Waals surface area contributed by atoms with Crippen LogP contribution in [0.15, 0.2) is 54.6 Å². The number of methoxy groups -OCH3 is 3. The number of ether oxygens (including phenoxy) is 4. The van der Waals surface area contributed by atoms with Gasteiger partial charge in [0.15, 0.2) is 11.5 Å². The van der Waals surface area contributed by atoms with Crippen molar-refractivity contribution in [1.82, 2.24) is 0 Å². The van der Waals surface area contributed by atoms with Gasteiger partial charge >= 0.3 is 5.69 Å². The van der Waals surface area contributed by atoms with Crippen LogP contribution < -0.4 is 24.3 Å². The SMILES string of the molecule is COc1ccc(OC)c(NC(=O)c2ccc(Oc3ccc(Cl)cc3[N+](=O)[O-])c(OC)c2)c1. The number of hydrogen-bond donors (Lipinski definition) is 1. The smallest absolute Gasteiger partial charge is 0.313 e. The molecule has 166 valence electrons. The Morgan fingerprint density at radius 1 is 0.875 bits per heavy atom. The van der Waals surface area contributed by atoms with Crippen LogP contribution in [0.5, 0.6) is 28.7 Å². The van der Waals surface area contributed by atoms with Crippen LogP contribution in [0.25, 0.3) is 0 Å². The summed E-state index contributed by atoms with van der Waals surface area (Å²) in [6.07, 6.45) is 0. The summed E-state index contributed by atoms with van der Waals surface area (Å²) >= 11 is 5.84. The number of nitrogens with zero attached hydrogens (tertiary/aromatic N) is 1. The molecule has 1 N–H and O–H groups in total. The number of nitro groups is 1. The van der Waals surface area contributed by atoms with E-state index in [9.17, 15) is 14.9 Å². The van der Waals surface area contributed by atoms with Gasteiger partial charge in [-0.05, 0) is 42.5 Å². The molecule has 10 heteroatoms. The minimum absolute atomic E-state index is 0.0176. The average molecular weight is 459 g/mol. The highest BCUT2D eigenvalue weighted by Gasteiger charge is 2.19. The van der Waals surface area contributed by atoms with Crippen molar-refractivity contribution in [2.45, 2.75) is 0 Å². The van der Waals surface area contributed by atoms with Gasteiger partial charge in [-0.2, -0.15) is 0 Å². The zero-order valence-electron chi connectivity index (χ0n) is 17.4. The number of anilines is 1. The number of halogens is 1. The van der Waals surface area contributed by atoms with E-state index in [1.165, 1.54) is 57.7 Å². The van der Waals surface area contributed by atoms with Crippen molar-refractivity contribution in [3.8, 4) is 28.7 Å². The highest BCUT2D eigenvalue weighted by Crippen LogP contribution is 2.38. The third-order valence-corrected chi connectivity index (χ3v) is 4.65. The number of rotatable bonds is 8. The van der Waals surface area contributed by atoms with Crippen LogP contribution in [0.1, 0.15) is 10.4 Å². The monoisotopic (exact) mass is 458 g/mol. The standard InChI is InChI=1S/C22H19ClN2O7/c1-29-15-6-9-18(30-2)16(12-15)24-22(26)13-4-7-20(21(10-13)31-3)32-19-8-5-14(23)11-17(19)25(27)28/h4-12H,1-3H3,(H,24,26). The summed E-state index contributed by atoms with van der Waals surface area (Å²) in [4.78, 5) is 23.5. The van der Waals surface area contributed by atoms with E-state index in [0.29, 0.717) is 17.2 Å². The predicted molar refractivity (Wildman–Crippen MR) is 119 cm³/mol. The van der Waals surface area contributed by atoms with Gasteiger partial charge in [0.2, 0.25) is 5.75 Å². The number of carbonyl (C=O) groups excluding carboxylic acids is 1. The van der Waals surface area contributed by atoms with Gasteiger partial charge in [0.05, 0.1) is 31.9 Å². The van der Waals surface area contributed by atoms with E-state index in [4.69, 9.17) is 30.5 Å². The van der Waals surface area contributed by atoms with Gasteiger partial charge in [-0.25, -0.2) is 0 Å². The number of nitro benzene ring substituents is 1. The van der Waals surface area contributed by atoms with Crippen molar-refractivity contribution in [2.75, 3.05) is 26.6 Å². The van der Waals surface area contributed by atoms with E-state index in [2.05, 4.69) is 5.32 Å². The highest BCUT2D eigenvalue weighted by atomic mass is 35.5. The van der Waals surface area contributed by atoms with E-state index in [1.54, 1.807) is 18.2 Å². The molecule has 3 aromatic rings. The molecule has 0 saturated carbocycles. The lowest BCUT2D eigenvalue weighted by Crippen LogP contribution is -2.13. The fraction of sp³-hybridized carbons (Fsp3) is 0.136. The fourth-order valence-corrected chi connectivity index (χ4v) is 3.00. The minimum atomic E-state index is -0.600. The topological polar surface area (TPSA) is 109 Å². The van der Waals surface area contributed by atoms with Crippen LogP contribution in [0, 0.1) is 10.1 Å². The quantitative estimate of drug-likeness (QED) is 0.359. The molecule has 0 spiro atoms. The Hall–Kier alpha value is -3.98. The Morgan fingerprint density at radius 3 is 2.22 bits per heavy atom. The average Bonchev–Trinajstić information content (AvgIpc) is 2.80. The third-order valence-electron chi connectivity index (χ3n) is 4.42. The van der Waals surface area contributed by atoms with Crippen LogP contribution in [-0.2, 0) is 0 Å². The lowest BCUT2D eigenvalue weighted by molar-refractivity contribution is -0.385. The molecule has 0 radical (unpaired) electrons. The van der Waals surface area contributed by atoms with Crippen molar-refractivity contribution in [1.29, 1.82) is 0 Å². The zero-order valence-corrected chi connectivity index (χ0v) is 18.1. The number of amides is 1. The summed E-state index contributed by atoms with van der Waals surface area (Å²) in [5.74, 6) is 0.955. The first-order chi connectivity index (χ1) is 15.4. The largest absolute Gasteiger partial charge is 0.497 e. The van der Waals surface area contributed by atoms with E-state index < -0.39 is 10.8 Å². The summed E-state index contributed by atoms with van der Waals surface area (Å²) in [5, 5.41) is 14.3. The van der Waals surface area contributed by atoms with Crippen molar-refractivity contribution in [3.05, 3.63) is 75.3 Å². The Bertz CT molecular complexity index is 1170. The first-order valence-corrected chi connectivity index (χ1v) is 9.57. The molecule has 0 saturated heterocycles. The van der Waals surface area contributed by atoms with Gasteiger partial charge < -0.3 is 24.3 Å². The molecule has 0 aliphatic rings. The maximum Gasteiger partial charge on any atom is 0.313 e. The lowest BCUT2D eigenvalue weighted by atomic mass is 10.1. The van der Waals surface area contributed by atoms with Crippen LogP contribution in [0.3, 0.4) is 0 Å². The zero-order chi connectivity index (χ0) is 23.3. The van der Waals surface area contributed by atoms with E-state index in [1.807, 2.05) is 0 Å². The number of carbonyl (C=O) groups is 1. The van der Waals surface area contributed by atoms with Crippen molar-refractivity contribution in [2.24, 2.45) is 0 Å². The van der Waals surface area contributed by atoms with Gasteiger partial charge in [-0.1, -0.05) is 11.6 Å². The molecule has 1 amide bonds. The molecule has 32 heavy (non-hydrogen) atoms. The predicted octanol–water partition coefficient (Wildman–Crippen LogP) is 5.32. The minimum Gasteiger partial charge on any atom is -0.497 e. The molecule has 0 heterocycles. The Balaban J connectivity index is 1.88. The number of hydrogen-bond acceptors (Lipinski definition) is 7. The summed E-state index contributed by atoms with van der Waals surface area (Å²) in [5.41, 5.74) is 0.393. The van der Waals surface area contributed by atoms with E-state index >= 15 is 0 Å². The second kappa shape index (κ2) is 9.88. The maximum atomic E-state index is 12.8. The van der Waals surface area contributed by atoms with Crippen LogP contribution in [0.2, 0.25) is 5.02 Å². The molecule has 0 aliphatic heterocycles. The van der Waals surface area contributed by atoms with E-state index in [0.717, 1.165) is 0 Å². The van der Waals surface area contributed by atoms with E-state index in [-0.39, 0.29) is 33.5 Å². The summed E-state index contributed by atoms with van der Waals surface area (Å²) < 4.78 is 21.4. The first-order valence-electron chi connectivity index (χ1n) is 9.19. The van der Waals surface area contributed by atoms with Crippen molar-refractivity contribution < 1.29 is 28.7 Å². The Kier molecular flexibility index (Phi) is 7.01. The molecule has 0 atom stereocenters.